The number of nitrogens with zero attached hydrogens (tertiary/aromatic N) is 1. The Balaban J connectivity index is 2.24. The number of benzene rings is 2. The third-order valence-corrected chi connectivity index (χ3v) is 3.46. The molecule has 0 heterocycles. The van der Waals surface area contributed by atoms with Gasteiger partial charge < -0.3 is 10.6 Å². The van der Waals surface area contributed by atoms with Crippen LogP contribution in [0.4, 0.5) is 5.69 Å². The molecule has 0 unspecified atom stereocenters. The van der Waals surface area contributed by atoms with E-state index in [9.17, 15) is 0 Å². The van der Waals surface area contributed by atoms with E-state index < -0.39 is 0 Å². The molecule has 2 nitrogen and oxygen atoms in total. The smallest absolute Gasteiger partial charge is 0.0441 e. The highest BCUT2D eigenvalue weighted by atomic mass is 15.1. The molecule has 2 aromatic rings. The van der Waals surface area contributed by atoms with Gasteiger partial charge in [-0.2, -0.15) is 0 Å². The van der Waals surface area contributed by atoms with Gasteiger partial charge in [0, 0.05) is 25.8 Å². The molecule has 0 saturated heterocycles. The van der Waals surface area contributed by atoms with Crippen LogP contribution in [0.2, 0.25) is 0 Å². The van der Waals surface area contributed by atoms with Crippen molar-refractivity contribution in [1.29, 1.82) is 0 Å². The molecule has 0 radical (unpaired) electrons. The van der Waals surface area contributed by atoms with Gasteiger partial charge in [0.05, 0.1) is 0 Å². The maximum absolute atomic E-state index is 5.84. The molecule has 0 aromatic heterocycles. The quantitative estimate of drug-likeness (QED) is 0.906. The third kappa shape index (κ3) is 3.15. The number of rotatable bonds is 4. The van der Waals surface area contributed by atoms with Crippen LogP contribution < -0.4 is 10.6 Å². The molecule has 2 heteroatoms. The zero-order valence-corrected chi connectivity index (χ0v) is 12.0. The van der Waals surface area contributed by atoms with E-state index in [1.54, 1.807) is 0 Å². The third-order valence-electron chi connectivity index (χ3n) is 3.46. The molecule has 2 aromatic carbocycles. The predicted octanol–water partition coefficient (Wildman–Crippen LogP) is 3.40. The molecule has 2 rings (SSSR count). The van der Waals surface area contributed by atoms with Crippen LogP contribution in [0.1, 0.15) is 22.3 Å². The lowest BCUT2D eigenvalue weighted by Crippen LogP contribution is -2.20. The van der Waals surface area contributed by atoms with Crippen LogP contribution >= 0.6 is 0 Å². The summed E-state index contributed by atoms with van der Waals surface area (Å²) in [5.74, 6) is 0. The van der Waals surface area contributed by atoms with Crippen LogP contribution in [0.3, 0.4) is 0 Å². The molecule has 0 amide bonds. The average Bonchev–Trinajstić information content (AvgIpc) is 2.40. The summed E-state index contributed by atoms with van der Waals surface area (Å²) >= 11 is 0. The van der Waals surface area contributed by atoms with E-state index in [4.69, 9.17) is 5.73 Å². The molecule has 0 aliphatic rings. The number of nitrogens with two attached hydrogens (primary N) is 1. The van der Waals surface area contributed by atoms with Gasteiger partial charge in [-0.05, 0) is 30.5 Å². The number of anilines is 1. The molecule has 0 bridgehead atoms. The zero-order valence-electron chi connectivity index (χ0n) is 12.0. The zero-order chi connectivity index (χ0) is 13.8. The first-order valence-electron chi connectivity index (χ1n) is 6.67. The number of hydrogen-bond donors (Lipinski definition) is 1. The second kappa shape index (κ2) is 5.89. The fourth-order valence-electron chi connectivity index (χ4n) is 2.48. The Morgan fingerprint density at radius 1 is 1.00 bits per heavy atom. The van der Waals surface area contributed by atoms with Crippen molar-refractivity contribution >= 4 is 5.69 Å². The van der Waals surface area contributed by atoms with E-state index >= 15 is 0 Å². The summed E-state index contributed by atoms with van der Waals surface area (Å²) in [6, 6.07) is 15.0. The molecule has 0 aliphatic carbocycles. The summed E-state index contributed by atoms with van der Waals surface area (Å²) in [6.45, 7) is 5.73. The van der Waals surface area contributed by atoms with Crippen molar-refractivity contribution in [3.05, 3.63) is 64.7 Å². The lowest BCUT2D eigenvalue weighted by Gasteiger charge is -2.24. The van der Waals surface area contributed by atoms with Crippen LogP contribution in [0, 0.1) is 13.8 Å². The standard InChI is InChI=1S/C17H22N2/c1-13-7-9-15(10-8-13)12-19(3)17-14(2)5-4-6-16(17)11-18/h4-10H,11-12,18H2,1-3H3. The summed E-state index contributed by atoms with van der Waals surface area (Å²) in [6.07, 6.45) is 0. The van der Waals surface area contributed by atoms with E-state index in [0.29, 0.717) is 6.54 Å². The Labute approximate surface area is 115 Å². The fourth-order valence-corrected chi connectivity index (χ4v) is 2.48. The van der Waals surface area contributed by atoms with E-state index in [0.717, 1.165) is 6.54 Å². The maximum atomic E-state index is 5.84. The molecule has 0 spiro atoms. The Morgan fingerprint density at radius 2 is 1.68 bits per heavy atom. The van der Waals surface area contributed by atoms with Crippen molar-refractivity contribution in [2.24, 2.45) is 5.73 Å². The van der Waals surface area contributed by atoms with Crippen LogP contribution in [0.5, 0.6) is 0 Å². The second-order valence-corrected chi connectivity index (χ2v) is 5.13. The summed E-state index contributed by atoms with van der Waals surface area (Å²) in [4.78, 5) is 2.28. The fraction of sp³-hybridized carbons (Fsp3) is 0.294. The summed E-state index contributed by atoms with van der Waals surface area (Å²) in [5, 5.41) is 0. The van der Waals surface area contributed by atoms with Gasteiger partial charge in [-0.25, -0.2) is 0 Å². The first-order valence-corrected chi connectivity index (χ1v) is 6.67. The lowest BCUT2D eigenvalue weighted by atomic mass is 10.1. The van der Waals surface area contributed by atoms with Crippen LogP contribution in [0.25, 0.3) is 0 Å². The topological polar surface area (TPSA) is 29.3 Å². The van der Waals surface area contributed by atoms with Crippen molar-refractivity contribution in [3.8, 4) is 0 Å². The van der Waals surface area contributed by atoms with E-state index in [2.05, 4.69) is 68.3 Å². The Kier molecular flexibility index (Phi) is 4.23. The molecule has 0 aliphatic heterocycles. The van der Waals surface area contributed by atoms with Crippen molar-refractivity contribution in [1.82, 2.24) is 0 Å². The largest absolute Gasteiger partial charge is 0.370 e. The Morgan fingerprint density at radius 3 is 2.32 bits per heavy atom. The first kappa shape index (κ1) is 13.6. The van der Waals surface area contributed by atoms with Crippen molar-refractivity contribution < 1.29 is 0 Å². The molecule has 2 N–H and O–H groups in total. The van der Waals surface area contributed by atoms with Gasteiger partial charge >= 0.3 is 0 Å². The second-order valence-electron chi connectivity index (χ2n) is 5.13. The van der Waals surface area contributed by atoms with Crippen molar-refractivity contribution in [2.75, 3.05) is 11.9 Å². The van der Waals surface area contributed by atoms with Crippen LogP contribution in [-0.4, -0.2) is 7.05 Å². The van der Waals surface area contributed by atoms with Crippen molar-refractivity contribution in [2.45, 2.75) is 26.9 Å². The number of hydrogen-bond acceptors (Lipinski definition) is 2. The van der Waals surface area contributed by atoms with Crippen molar-refractivity contribution in [3.63, 3.8) is 0 Å². The summed E-state index contributed by atoms with van der Waals surface area (Å²) in [5.41, 5.74) is 12.2. The maximum Gasteiger partial charge on any atom is 0.0441 e. The highest BCUT2D eigenvalue weighted by Gasteiger charge is 2.09. The highest BCUT2D eigenvalue weighted by Crippen LogP contribution is 2.25. The van der Waals surface area contributed by atoms with Crippen LogP contribution in [-0.2, 0) is 13.1 Å². The summed E-state index contributed by atoms with van der Waals surface area (Å²) < 4.78 is 0. The molecule has 19 heavy (non-hydrogen) atoms. The molecule has 0 atom stereocenters. The molecule has 100 valence electrons. The van der Waals surface area contributed by atoms with Gasteiger partial charge in [0.1, 0.15) is 0 Å². The number of para-hydroxylation sites is 1. The van der Waals surface area contributed by atoms with Gasteiger partial charge in [0.25, 0.3) is 0 Å². The van der Waals surface area contributed by atoms with Gasteiger partial charge in [-0.15, -0.1) is 0 Å². The van der Waals surface area contributed by atoms with Gasteiger partial charge in [-0.3, -0.25) is 0 Å². The molecular weight excluding hydrogens is 232 g/mol. The minimum absolute atomic E-state index is 0.579. The summed E-state index contributed by atoms with van der Waals surface area (Å²) in [7, 11) is 2.13. The molecule has 0 fully saturated rings. The minimum atomic E-state index is 0.579. The Hall–Kier alpha value is -1.80. The van der Waals surface area contributed by atoms with Gasteiger partial charge in [0.2, 0.25) is 0 Å². The highest BCUT2D eigenvalue weighted by molar-refractivity contribution is 5.59. The van der Waals surface area contributed by atoms with E-state index in [1.165, 1.54) is 27.9 Å². The average molecular weight is 254 g/mol. The molecule has 0 saturated carbocycles. The first-order chi connectivity index (χ1) is 9.11. The lowest BCUT2D eigenvalue weighted by molar-refractivity contribution is 0.897. The minimum Gasteiger partial charge on any atom is -0.370 e. The van der Waals surface area contributed by atoms with Gasteiger partial charge in [0.15, 0.2) is 0 Å². The number of aryl methyl sites for hydroxylation is 2. The van der Waals surface area contributed by atoms with Gasteiger partial charge in [-0.1, -0.05) is 48.0 Å². The van der Waals surface area contributed by atoms with E-state index in [-0.39, 0.29) is 0 Å². The monoisotopic (exact) mass is 254 g/mol. The molecular formula is C17H22N2. The normalized spacial score (nSPS) is 10.5. The predicted molar refractivity (Wildman–Crippen MR) is 82.4 cm³/mol. The van der Waals surface area contributed by atoms with E-state index in [1.807, 2.05) is 0 Å². The Bertz CT molecular complexity index is 544. The van der Waals surface area contributed by atoms with Crippen LogP contribution in [0.15, 0.2) is 42.5 Å². The SMILES string of the molecule is Cc1ccc(CN(C)c2c(C)cccc2CN)cc1.